The van der Waals surface area contributed by atoms with E-state index in [1.165, 1.54) is 5.56 Å². The molecule has 0 saturated heterocycles. The lowest BCUT2D eigenvalue weighted by molar-refractivity contribution is -0.125. The predicted molar refractivity (Wildman–Crippen MR) is 67.8 cm³/mol. The quantitative estimate of drug-likeness (QED) is 0.865. The van der Waals surface area contributed by atoms with Crippen molar-refractivity contribution in [3.8, 4) is 0 Å². The molecule has 2 rings (SSSR count). The second-order valence-corrected chi connectivity index (χ2v) is 5.17. The Kier molecular flexibility index (Phi) is 3.29. The standard InChI is InChI=1S/C14H20N2O/c1-3-8-14(2,15)13(17)11-7-6-10-5-4-9-16-12(10)11/h4-5,9,11H,3,6-8,15H2,1-2H3. The van der Waals surface area contributed by atoms with Gasteiger partial charge in [-0.3, -0.25) is 9.78 Å². The molecule has 0 aromatic carbocycles. The fraction of sp³-hybridized carbons (Fsp3) is 0.571. The van der Waals surface area contributed by atoms with Crippen molar-refractivity contribution in [3.05, 3.63) is 29.6 Å². The summed E-state index contributed by atoms with van der Waals surface area (Å²) >= 11 is 0. The van der Waals surface area contributed by atoms with Crippen LogP contribution in [0.2, 0.25) is 0 Å². The predicted octanol–water partition coefficient (Wildman–Crippen LogP) is 2.20. The van der Waals surface area contributed by atoms with Gasteiger partial charge in [0.05, 0.1) is 17.2 Å². The zero-order valence-corrected chi connectivity index (χ0v) is 10.6. The molecule has 0 amide bonds. The number of hydrogen-bond acceptors (Lipinski definition) is 3. The number of fused-ring (bicyclic) bond motifs is 1. The minimum absolute atomic E-state index is 0.0900. The van der Waals surface area contributed by atoms with Crippen LogP contribution >= 0.6 is 0 Å². The zero-order valence-electron chi connectivity index (χ0n) is 10.6. The molecule has 0 fully saturated rings. The molecule has 0 aliphatic heterocycles. The summed E-state index contributed by atoms with van der Waals surface area (Å²) in [5.74, 6) is 0.0598. The summed E-state index contributed by atoms with van der Waals surface area (Å²) in [6.07, 6.45) is 5.24. The Hall–Kier alpha value is -1.22. The minimum atomic E-state index is -0.710. The Labute approximate surface area is 102 Å². The lowest BCUT2D eigenvalue weighted by Gasteiger charge is -2.25. The maximum absolute atomic E-state index is 12.5. The lowest BCUT2D eigenvalue weighted by atomic mass is 9.83. The molecule has 92 valence electrons. The van der Waals surface area contributed by atoms with Gasteiger partial charge in [0.2, 0.25) is 0 Å². The van der Waals surface area contributed by atoms with Crippen LogP contribution in [0.25, 0.3) is 0 Å². The maximum Gasteiger partial charge on any atom is 0.161 e. The van der Waals surface area contributed by atoms with E-state index in [4.69, 9.17) is 5.73 Å². The number of Topliss-reactive ketones (excluding diaryl/α,β-unsaturated/α-hetero) is 1. The average molecular weight is 232 g/mol. The van der Waals surface area contributed by atoms with Gasteiger partial charge in [0.25, 0.3) is 0 Å². The largest absolute Gasteiger partial charge is 0.319 e. The van der Waals surface area contributed by atoms with Crippen molar-refractivity contribution < 1.29 is 4.79 Å². The van der Waals surface area contributed by atoms with Crippen molar-refractivity contribution in [2.45, 2.75) is 51.0 Å². The highest BCUT2D eigenvalue weighted by atomic mass is 16.1. The number of nitrogens with zero attached hydrogens (tertiary/aromatic N) is 1. The summed E-state index contributed by atoms with van der Waals surface area (Å²) in [5.41, 5.74) is 7.58. The Bertz CT molecular complexity index is 426. The molecule has 0 saturated carbocycles. The van der Waals surface area contributed by atoms with E-state index >= 15 is 0 Å². The average Bonchev–Trinajstić information content (AvgIpc) is 2.71. The molecule has 3 heteroatoms. The molecule has 0 spiro atoms. The van der Waals surface area contributed by atoms with Crippen molar-refractivity contribution in [2.24, 2.45) is 5.73 Å². The summed E-state index contributed by atoms with van der Waals surface area (Å²) in [6.45, 7) is 3.90. The first-order valence-electron chi connectivity index (χ1n) is 6.33. The van der Waals surface area contributed by atoms with Gasteiger partial charge in [0.1, 0.15) is 0 Å². The highest BCUT2D eigenvalue weighted by Gasteiger charge is 2.38. The third-order valence-electron chi connectivity index (χ3n) is 3.61. The molecule has 1 aromatic rings. The Morgan fingerprint density at radius 2 is 2.41 bits per heavy atom. The molecule has 0 radical (unpaired) electrons. The van der Waals surface area contributed by atoms with Gasteiger partial charge in [0.15, 0.2) is 5.78 Å². The second-order valence-electron chi connectivity index (χ2n) is 5.17. The number of pyridine rings is 1. The molecular weight excluding hydrogens is 212 g/mol. The van der Waals surface area contributed by atoms with Crippen LogP contribution < -0.4 is 5.73 Å². The van der Waals surface area contributed by atoms with Crippen LogP contribution in [0.3, 0.4) is 0 Å². The van der Waals surface area contributed by atoms with Gasteiger partial charge >= 0.3 is 0 Å². The highest BCUT2D eigenvalue weighted by Crippen LogP contribution is 2.34. The van der Waals surface area contributed by atoms with Gasteiger partial charge in [-0.1, -0.05) is 19.4 Å². The zero-order chi connectivity index (χ0) is 12.5. The molecular formula is C14H20N2O. The van der Waals surface area contributed by atoms with E-state index in [1.54, 1.807) is 6.20 Å². The fourth-order valence-corrected chi connectivity index (χ4v) is 2.71. The van der Waals surface area contributed by atoms with Crippen molar-refractivity contribution in [1.29, 1.82) is 0 Å². The molecule has 2 atom stereocenters. The van der Waals surface area contributed by atoms with Gasteiger partial charge in [0, 0.05) is 6.20 Å². The number of aryl methyl sites for hydroxylation is 1. The minimum Gasteiger partial charge on any atom is -0.319 e. The molecule has 2 unspecified atom stereocenters. The number of ketones is 1. The number of rotatable bonds is 4. The molecule has 1 aliphatic rings. The first-order chi connectivity index (χ1) is 8.06. The van der Waals surface area contributed by atoms with Crippen LogP contribution in [0.15, 0.2) is 18.3 Å². The van der Waals surface area contributed by atoms with Gasteiger partial charge in [-0.25, -0.2) is 0 Å². The van der Waals surface area contributed by atoms with E-state index in [1.807, 2.05) is 13.0 Å². The fourth-order valence-electron chi connectivity index (χ4n) is 2.71. The number of carbonyl (C=O) groups excluding carboxylic acids is 1. The number of aromatic nitrogens is 1. The number of carbonyl (C=O) groups is 1. The molecule has 2 N–H and O–H groups in total. The van der Waals surface area contributed by atoms with Crippen LogP contribution in [0, 0.1) is 0 Å². The molecule has 1 heterocycles. The summed E-state index contributed by atoms with van der Waals surface area (Å²) in [5, 5.41) is 0. The normalized spacial score (nSPS) is 21.9. The summed E-state index contributed by atoms with van der Waals surface area (Å²) in [4.78, 5) is 16.8. The Morgan fingerprint density at radius 3 is 3.12 bits per heavy atom. The van der Waals surface area contributed by atoms with Crippen LogP contribution in [-0.4, -0.2) is 16.3 Å². The van der Waals surface area contributed by atoms with Crippen LogP contribution in [-0.2, 0) is 11.2 Å². The SMILES string of the molecule is CCCC(C)(N)C(=O)C1CCc2cccnc21. The first kappa shape index (κ1) is 12.2. The van der Waals surface area contributed by atoms with Crippen molar-refractivity contribution in [3.63, 3.8) is 0 Å². The molecule has 1 aliphatic carbocycles. The lowest BCUT2D eigenvalue weighted by Crippen LogP contribution is -2.47. The molecule has 17 heavy (non-hydrogen) atoms. The Morgan fingerprint density at radius 1 is 1.65 bits per heavy atom. The van der Waals surface area contributed by atoms with Crippen molar-refractivity contribution >= 4 is 5.78 Å². The van der Waals surface area contributed by atoms with E-state index < -0.39 is 5.54 Å². The van der Waals surface area contributed by atoms with Crippen LogP contribution in [0.4, 0.5) is 0 Å². The summed E-state index contributed by atoms with van der Waals surface area (Å²) in [6, 6.07) is 3.99. The Balaban J connectivity index is 2.23. The third-order valence-corrected chi connectivity index (χ3v) is 3.61. The van der Waals surface area contributed by atoms with Crippen molar-refractivity contribution in [1.82, 2.24) is 4.98 Å². The molecule has 3 nitrogen and oxygen atoms in total. The van der Waals surface area contributed by atoms with E-state index in [2.05, 4.69) is 18.0 Å². The molecule has 0 bridgehead atoms. The van der Waals surface area contributed by atoms with Gasteiger partial charge in [-0.2, -0.15) is 0 Å². The summed E-state index contributed by atoms with van der Waals surface area (Å²) < 4.78 is 0. The third kappa shape index (κ3) is 2.25. The van der Waals surface area contributed by atoms with E-state index in [0.29, 0.717) is 0 Å². The number of nitrogens with two attached hydrogens (primary N) is 1. The second kappa shape index (κ2) is 4.57. The highest BCUT2D eigenvalue weighted by molar-refractivity contribution is 5.94. The van der Waals surface area contributed by atoms with Crippen LogP contribution in [0.1, 0.15) is 50.3 Å². The van der Waals surface area contributed by atoms with E-state index in [0.717, 1.165) is 31.4 Å². The van der Waals surface area contributed by atoms with Gasteiger partial charge in [-0.05, 0) is 37.8 Å². The van der Waals surface area contributed by atoms with Gasteiger partial charge < -0.3 is 5.73 Å². The van der Waals surface area contributed by atoms with E-state index in [-0.39, 0.29) is 11.7 Å². The maximum atomic E-state index is 12.5. The van der Waals surface area contributed by atoms with E-state index in [9.17, 15) is 4.79 Å². The van der Waals surface area contributed by atoms with Gasteiger partial charge in [-0.15, -0.1) is 0 Å². The number of hydrogen-bond donors (Lipinski definition) is 1. The monoisotopic (exact) mass is 232 g/mol. The molecule has 1 aromatic heterocycles. The van der Waals surface area contributed by atoms with Crippen LogP contribution in [0.5, 0.6) is 0 Å². The summed E-state index contributed by atoms with van der Waals surface area (Å²) in [7, 11) is 0. The van der Waals surface area contributed by atoms with Crippen molar-refractivity contribution in [2.75, 3.05) is 0 Å². The first-order valence-corrected chi connectivity index (χ1v) is 6.33. The smallest absolute Gasteiger partial charge is 0.161 e. The topological polar surface area (TPSA) is 56.0 Å².